The minimum Gasteiger partial charge on any atom is -0.351 e. The van der Waals surface area contributed by atoms with Crippen LogP contribution in [0.1, 0.15) is 15.9 Å². The number of nitrogens with two attached hydrogens (primary N) is 1. The van der Waals surface area contributed by atoms with Gasteiger partial charge in [-0.1, -0.05) is 17.7 Å². The van der Waals surface area contributed by atoms with Gasteiger partial charge in [0.25, 0.3) is 5.91 Å². The molecule has 0 saturated carbocycles. The van der Waals surface area contributed by atoms with Crippen molar-refractivity contribution >= 4 is 34.9 Å². The lowest BCUT2D eigenvalue weighted by Crippen LogP contribution is -2.20. The van der Waals surface area contributed by atoms with Gasteiger partial charge in [-0.2, -0.15) is 13.2 Å². The van der Waals surface area contributed by atoms with Gasteiger partial charge >= 0.3 is 12.2 Å². The first-order valence-corrected chi connectivity index (χ1v) is 6.89. The molecule has 0 aromatic heterocycles. The molecule has 0 saturated heterocycles. The Morgan fingerprint density at radius 3 is 2.29 bits per heavy atom. The molecule has 0 aliphatic heterocycles. The summed E-state index contributed by atoms with van der Waals surface area (Å²) in [5.41, 5.74) is 4.27. The largest absolute Gasteiger partial charge is 0.417 e. The molecule has 5 nitrogen and oxygen atoms in total. The van der Waals surface area contributed by atoms with Gasteiger partial charge in [0.15, 0.2) is 0 Å². The molecule has 2 rings (SSSR count). The number of alkyl halides is 3. The van der Waals surface area contributed by atoms with Gasteiger partial charge in [0, 0.05) is 16.9 Å². The summed E-state index contributed by atoms with van der Waals surface area (Å²) in [5.74, 6) is -0.654. The van der Waals surface area contributed by atoms with Crippen molar-refractivity contribution in [3.8, 4) is 0 Å². The molecule has 0 heterocycles. The second-order valence-corrected chi connectivity index (χ2v) is 5.12. The van der Waals surface area contributed by atoms with Crippen LogP contribution in [-0.4, -0.2) is 11.9 Å². The quantitative estimate of drug-likeness (QED) is 0.772. The van der Waals surface area contributed by atoms with Crippen molar-refractivity contribution in [2.45, 2.75) is 6.18 Å². The van der Waals surface area contributed by atoms with Crippen LogP contribution in [0.25, 0.3) is 0 Å². The SMILES string of the molecule is NC(=O)Nc1cccc(C(=O)Nc2ccc(Cl)c(C(F)(F)F)c2)c1. The highest BCUT2D eigenvalue weighted by atomic mass is 35.5. The Morgan fingerprint density at radius 1 is 1.00 bits per heavy atom. The highest BCUT2D eigenvalue weighted by Gasteiger charge is 2.33. The summed E-state index contributed by atoms with van der Waals surface area (Å²) in [4.78, 5) is 22.9. The van der Waals surface area contributed by atoms with Crippen molar-refractivity contribution in [1.82, 2.24) is 0 Å². The molecule has 0 aliphatic rings. The molecule has 0 radical (unpaired) electrons. The lowest BCUT2D eigenvalue weighted by Gasteiger charge is -2.12. The van der Waals surface area contributed by atoms with Crippen molar-refractivity contribution in [3.05, 3.63) is 58.6 Å². The third-order valence-electron chi connectivity index (χ3n) is 2.92. The highest BCUT2D eigenvalue weighted by Crippen LogP contribution is 2.36. The van der Waals surface area contributed by atoms with E-state index in [1.807, 2.05) is 0 Å². The maximum Gasteiger partial charge on any atom is 0.417 e. The van der Waals surface area contributed by atoms with E-state index in [4.69, 9.17) is 17.3 Å². The van der Waals surface area contributed by atoms with Crippen LogP contribution in [0, 0.1) is 0 Å². The number of halogens is 4. The highest BCUT2D eigenvalue weighted by molar-refractivity contribution is 6.31. The number of benzene rings is 2. The van der Waals surface area contributed by atoms with E-state index in [9.17, 15) is 22.8 Å². The molecule has 2 aromatic carbocycles. The van der Waals surface area contributed by atoms with Gasteiger partial charge in [-0.15, -0.1) is 0 Å². The van der Waals surface area contributed by atoms with Gasteiger partial charge < -0.3 is 16.4 Å². The lowest BCUT2D eigenvalue weighted by atomic mass is 10.1. The summed E-state index contributed by atoms with van der Waals surface area (Å²) >= 11 is 5.52. The normalized spacial score (nSPS) is 11.0. The van der Waals surface area contributed by atoms with E-state index >= 15 is 0 Å². The minimum atomic E-state index is -4.64. The molecule has 24 heavy (non-hydrogen) atoms. The first kappa shape index (κ1) is 17.6. The number of amides is 3. The van der Waals surface area contributed by atoms with E-state index in [0.29, 0.717) is 0 Å². The van der Waals surface area contributed by atoms with Gasteiger partial charge in [-0.25, -0.2) is 4.79 Å². The third kappa shape index (κ3) is 4.39. The van der Waals surface area contributed by atoms with Gasteiger partial charge in [-0.3, -0.25) is 4.79 Å². The number of rotatable bonds is 3. The van der Waals surface area contributed by atoms with Crippen LogP contribution in [-0.2, 0) is 6.18 Å². The monoisotopic (exact) mass is 357 g/mol. The summed E-state index contributed by atoms with van der Waals surface area (Å²) in [6, 6.07) is 8.00. The molecule has 0 unspecified atom stereocenters. The average molecular weight is 358 g/mol. The van der Waals surface area contributed by atoms with Gasteiger partial charge in [0.1, 0.15) is 0 Å². The molecule has 2 aromatic rings. The summed E-state index contributed by atoms with van der Waals surface area (Å²) in [6.07, 6.45) is -4.64. The summed E-state index contributed by atoms with van der Waals surface area (Å²) in [6.45, 7) is 0. The standard InChI is InChI=1S/C15H11ClF3N3O2/c16-12-5-4-10(7-11(12)15(17,18)19)21-13(23)8-2-1-3-9(6-8)22-14(20)24/h1-7H,(H,21,23)(H3,20,22,24). The van der Waals surface area contributed by atoms with Crippen LogP contribution in [0.4, 0.5) is 29.3 Å². The summed E-state index contributed by atoms with van der Waals surface area (Å²) in [7, 11) is 0. The van der Waals surface area contributed by atoms with E-state index in [0.717, 1.165) is 12.1 Å². The zero-order valence-corrected chi connectivity index (χ0v) is 12.7. The Kier molecular flexibility index (Phi) is 4.99. The molecule has 0 atom stereocenters. The number of nitrogens with one attached hydrogen (secondary N) is 2. The van der Waals surface area contributed by atoms with Crippen molar-refractivity contribution < 1.29 is 22.8 Å². The average Bonchev–Trinajstić information content (AvgIpc) is 2.47. The molecule has 0 bridgehead atoms. The summed E-state index contributed by atoms with van der Waals surface area (Å²) in [5, 5.41) is 4.17. The summed E-state index contributed by atoms with van der Waals surface area (Å²) < 4.78 is 38.4. The topological polar surface area (TPSA) is 84.2 Å². The second kappa shape index (κ2) is 6.79. The van der Waals surface area contributed by atoms with Crippen LogP contribution < -0.4 is 16.4 Å². The first-order chi connectivity index (χ1) is 11.2. The van der Waals surface area contributed by atoms with Crippen molar-refractivity contribution in [2.24, 2.45) is 5.73 Å². The Labute approximate surface area is 139 Å². The molecular weight excluding hydrogens is 347 g/mol. The van der Waals surface area contributed by atoms with Crippen LogP contribution in [0.3, 0.4) is 0 Å². The van der Waals surface area contributed by atoms with Crippen LogP contribution in [0.5, 0.6) is 0 Å². The van der Waals surface area contributed by atoms with E-state index in [1.54, 1.807) is 0 Å². The fourth-order valence-electron chi connectivity index (χ4n) is 1.90. The predicted octanol–water partition coefficient (Wildman–Crippen LogP) is 4.10. The zero-order chi connectivity index (χ0) is 17.9. The molecule has 126 valence electrons. The lowest BCUT2D eigenvalue weighted by molar-refractivity contribution is -0.137. The number of hydrogen-bond acceptors (Lipinski definition) is 2. The van der Waals surface area contributed by atoms with Crippen LogP contribution in [0.15, 0.2) is 42.5 Å². The van der Waals surface area contributed by atoms with Crippen LogP contribution in [0.2, 0.25) is 5.02 Å². The van der Waals surface area contributed by atoms with E-state index in [-0.39, 0.29) is 16.9 Å². The van der Waals surface area contributed by atoms with Crippen molar-refractivity contribution in [2.75, 3.05) is 10.6 Å². The maximum absolute atomic E-state index is 12.8. The Bertz CT molecular complexity index is 794. The second-order valence-electron chi connectivity index (χ2n) is 4.72. The van der Waals surface area contributed by atoms with E-state index in [2.05, 4.69) is 10.6 Å². The predicted molar refractivity (Wildman–Crippen MR) is 84.1 cm³/mol. The molecular formula is C15H11ClF3N3O2. The fourth-order valence-corrected chi connectivity index (χ4v) is 2.13. The Hall–Kier alpha value is -2.74. The number of hydrogen-bond donors (Lipinski definition) is 3. The number of anilines is 2. The maximum atomic E-state index is 12.8. The van der Waals surface area contributed by atoms with Crippen LogP contribution >= 0.6 is 11.6 Å². The first-order valence-electron chi connectivity index (χ1n) is 6.51. The number of primary amides is 1. The van der Waals surface area contributed by atoms with Gasteiger partial charge in [-0.05, 0) is 36.4 Å². The molecule has 0 fully saturated rings. The Balaban J connectivity index is 2.23. The molecule has 3 amide bonds. The fraction of sp³-hybridized carbons (Fsp3) is 0.0667. The number of carbonyl (C=O) groups is 2. The minimum absolute atomic E-state index is 0.0648. The smallest absolute Gasteiger partial charge is 0.351 e. The number of carbonyl (C=O) groups excluding carboxylic acids is 2. The van der Waals surface area contributed by atoms with Crippen molar-refractivity contribution in [1.29, 1.82) is 0 Å². The van der Waals surface area contributed by atoms with Gasteiger partial charge in [0.05, 0.1) is 10.6 Å². The Morgan fingerprint density at radius 2 is 1.67 bits per heavy atom. The van der Waals surface area contributed by atoms with E-state index in [1.165, 1.54) is 30.3 Å². The molecule has 0 spiro atoms. The molecule has 0 aliphatic carbocycles. The third-order valence-corrected chi connectivity index (χ3v) is 3.25. The molecule has 4 N–H and O–H groups in total. The zero-order valence-electron chi connectivity index (χ0n) is 11.9. The van der Waals surface area contributed by atoms with E-state index < -0.39 is 28.7 Å². The molecule has 9 heteroatoms. The van der Waals surface area contributed by atoms with Gasteiger partial charge in [0.2, 0.25) is 0 Å². The van der Waals surface area contributed by atoms with Crippen molar-refractivity contribution in [3.63, 3.8) is 0 Å². The number of urea groups is 1.